The number of rotatable bonds is 5. The van der Waals surface area contributed by atoms with Gasteiger partial charge >= 0.3 is 5.97 Å². The topological polar surface area (TPSA) is 99.6 Å². The molecular formula is C13H15N3O4. The molecule has 1 aromatic heterocycles. The second kappa shape index (κ2) is 6.07. The zero-order valence-electron chi connectivity index (χ0n) is 10.9. The smallest absolute Gasteiger partial charge is 0.347 e. The molecule has 0 aliphatic heterocycles. The first-order valence-corrected chi connectivity index (χ1v) is 5.95. The predicted molar refractivity (Wildman–Crippen MR) is 71.9 cm³/mol. The molecule has 1 heterocycles. The predicted octanol–water partition coefficient (Wildman–Crippen LogP) is 0.612. The molecule has 2 rings (SSSR count). The van der Waals surface area contributed by atoms with E-state index in [4.69, 9.17) is 15.6 Å². The first kappa shape index (κ1) is 13.9. The molecule has 7 heteroatoms. The van der Waals surface area contributed by atoms with Crippen molar-refractivity contribution in [3.63, 3.8) is 0 Å². The number of nitrogens with two attached hydrogens (primary N) is 1. The third kappa shape index (κ3) is 2.57. The Morgan fingerprint density at radius 3 is 2.70 bits per heavy atom. The molecule has 0 aliphatic rings. The Balaban J connectivity index is 2.49. The number of para-hydroxylation sites is 1. The third-order valence-electron chi connectivity index (χ3n) is 2.61. The van der Waals surface area contributed by atoms with E-state index in [1.54, 1.807) is 12.1 Å². The highest BCUT2D eigenvalue weighted by Crippen LogP contribution is 2.27. The van der Waals surface area contributed by atoms with Crippen LogP contribution in [0.5, 0.6) is 5.88 Å². The Labute approximate surface area is 115 Å². The van der Waals surface area contributed by atoms with Gasteiger partial charge < -0.3 is 20.3 Å². The van der Waals surface area contributed by atoms with Gasteiger partial charge in [0.15, 0.2) is 5.56 Å². The van der Waals surface area contributed by atoms with Crippen LogP contribution in [0.15, 0.2) is 30.3 Å². The van der Waals surface area contributed by atoms with Crippen LogP contribution in [0.2, 0.25) is 0 Å². The molecule has 0 saturated heterocycles. The number of carbonyl (C=O) groups excluding carboxylic acids is 1. The molecule has 0 unspecified atom stereocenters. The zero-order valence-corrected chi connectivity index (χ0v) is 10.9. The van der Waals surface area contributed by atoms with Gasteiger partial charge in [-0.1, -0.05) is 18.2 Å². The number of ether oxygens (including phenoxy) is 2. The van der Waals surface area contributed by atoms with E-state index in [9.17, 15) is 4.79 Å². The first-order valence-electron chi connectivity index (χ1n) is 5.95. The number of hydrogen-bond acceptors (Lipinski definition) is 6. The van der Waals surface area contributed by atoms with Crippen molar-refractivity contribution in [2.24, 2.45) is 0 Å². The molecule has 3 N–H and O–H groups in total. The summed E-state index contributed by atoms with van der Waals surface area (Å²) in [5, 5.41) is 12.9. The maximum absolute atomic E-state index is 11.8. The average Bonchev–Trinajstić information content (AvgIpc) is 2.82. The molecule has 0 amide bonds. The van der Waals surface area contributed by atoms with Gasteiger partial charge in [-0.2, -0.15) is 0 Å². The van der Waals surface area contributed by atoms with E-state index in [1.165, 1.54) is 11.8 Å². The van der Waals surface area contributed by atoms with Crippen LogP contribution in [0.25, 0.3) is 5.69 Å². The SMILES string of the molecule is COC(=O)c1c(OCCO)nn(-c2ccccc2)c1N. The number of esters is 1. The fourth-order valence-corrected chi connectivity index (χ4v) is 1.71. The van der Waals surface area contributed by atoms with Crippen LogP contribution in [0.1, 0.15) is 10.4 Å². The van der Waals surface area contributed by atoms with Crippen LogP contribution in [0.4, 0.5) is 5.82 Å². The lowest BCUT2D eigenvalue weighted by Crippen LogP contribution is -2.09. The summed E-state index contributed by atoms with van der Waals surface area (Å²) < 4.78 is 11.3. The number of hydrogen-bond donors (Lipinski definition) is 2. The maximum atomic E-state index is 11.8. The lowest BCUT2D eigenvalue weighted by atomic mass is 10.3. The van der Waals surface area contributed by atoms with Crippen molar-refractivity contribution in [3.8, 4) is 11.6 Å². The van der Waals surface area contributed by atoms with E-state index >= 15 is 0 Å². The maximum Gasteiger partial charge on any atom is 0.347 e. The van der Waals surface area contributed by atoms with Crippen LogP contribution in [0.3, 0.4) is 0 Å². The van der Waals surface area contributed by atoms with E-state index in [2.05, 4.69) is 9.84 Å². The quantitative estimate of drug-likeness (QED) is 0.777. The van der Waals surface area contributed by atoms with Gasteiger partial charge in [-0.05, 0) is 12.1 Å². The number of anilines is 1. The molecular weight excluding hydrogens is 262 g/mol. The van der Waals surface area contributed by atoms with Crippen molar-refractivity contribution in [2.75, 3.05) is 26.1 Å². The molecule has 2 aromatic rings. The molecule has 0 radical (unpaired) electrons. The minimum Gasteiger partial charge on any atom is -0.473 e. The number of nitrogen functional groups attached to an aromatic ring is 1. The summed E-state index contributed by atoms with van der Waals surface area (Å²) in [6, 6.07) is 9.08. The van der Waals surface area contributed by atoms with Gasteiger partial charge in [0.1, 0.15) is 12.4 Å². The van der Waals surface area contributed by atoms with Crippen LogP contribution >= 0.6 is 0 Å². The minimum atomic E-state index is -0.641. The summed E-state index contributed by atoms with van der Waals surface area (Å²) in [6.45, 7) is -0.187. The van der Waals surface area contributed by atoms with E-state index in [1.807, 2.05) is 18.2 Å². The van der Waals surface area contributed by atoms with Gasteiger partial charge in [-0.15, -0.1) is 5.10 Å². The number of nitrogens with zero attached hydrogens (tertiary/aromatic N) is 2. The second-order valence-corrected chi connectivity index (χ2v) is 3.88. The lowest BCUT2D eigenvalue weighted by molar-refractivity contribution is 0.0596. The number of aliphatic hydroxyl groups excluding tert-OH is 1. The minimum absolute atomic E-state index is 0.00916. The second-order valence-electron chi connectivity index (χ2n) is 3.88. The summed E-state index contributed by atoms with van der Waals surface area (Å²) in [6.07, 6.45) is 0. The molecule has 0 aliphatic carbocycles. The van der Waals surface area contributed by atoms with Gasteiger partial charge in [-0.25, -0.2) is 9.48 Å². The van der Waals surface area contributed by atoms with Gasteiger partial charge in [-0.3, -0.25) is 0 Å². The number of benzene rings is 1. The largest absolute Gasteiger partial charge is 0.473 e. The molecule has 0 bridgehead atoms. The molecule has 1 aromatic carbocycles. The fourth-order valence-electron chi connectivity index (χ4n) is 1.71. The summed E-state index contributed by atoms with van der Waals surface area (Å²) >= 11 is 0. The molecule has 0 fully saturated rings. The van der Waals surface area contributed by atoms with Crippen molar-refractivity contribution in [2.45, 2.75) is 0 Å². The highest BCUT2D eigenvalue weighted by Gasteiger charge is 2.24. The van der Waals surface area contributed by atoms with E-state index in [0.717, 1.165) is 0 Å². The highest BCUT2D eigenvalue weighted by molar-refractivity contribution is 5.97. The lowest BCUT2D eigenvalue weighted by Gasteiger charge is -2.03. The van der Waals surface area contributed by atoms with Crippen molar-refractivity contribution >= 4 is 11.8 Å². The fraction of sp³-hybridized carbons (Fsp3) is 0.231. The van der Waals surface area contributed by atoms with Gasteiger partial charge in [0, 0.05) is 0 Å². The van der Waals surface area contributed by atoms with E-state index in [-0.39, 0.29) is 30.5 Å². The number of aliphatic hydroxyl groups is 1. The zero-order chi connectivity index (χ0) is 14.5. The van der Waals surface area contributed by atoms with Crippen LogP contribution in [-0.2, 0) is 4.74 Å². The van der Waals surface area contributed by atoms with Crippen LogP contribution in [0, 0.1) is 0 Å². The Bertz CT molecular complexity index is 595. The number of carbonyl (C=O) groups is 1. The van der Waals surface area contributed by atoms with Gasteiger partial charge in [0.2, 0.25) is 5.88 Å². The Morgan fingerprint density at radius 1 is 1.40 bits per heavy atom. The van der Waals surface area contributed by atoms with Crippen LogP contribution in [-0.4, -0.2) is 41.2 Å². The Hall–Kier alpha value is -2.54. The Kier molecular flexibility index (Phi) is 4.21. The van der Waals surface area contributed by atoms with Gasteiger partial charge in [0.05, 0.1) is 19.4 Å². The molecule has 20 heavy (non-hydrogen) atoms. The number of methoxy groups -OCH3 is 1. The van der Waals surface area contributed by atoms with E-state index in [0.29, 0.717) is 5.69 Å². The summed E-state index contributed by atoms with van der Waals surface area (Å²) in [7, 11) is 1.25. The standard InChI is InChI=1S/C13H15N3O4/c1-19-13(18)10-11(14)16(9-5-3-2-4-6-9)15-12(10)20-8-7-17/h2-6,17H,7-8,14H2,1H3. The average molecular weight is 277 g/mol. The monoisotopic (exact) mass is 277 g/mol. The summed E-state index contributed by atoms with van der Waals surface area (Å²) in [4.78, 5) is 11.8. The molecule has 0 spiro atoms. The van der Waals surface area contributed by atoms with Crippen molar-refractivity contribution in [1.82, 2.24) is 9.78 Å². The highest BCUT2D eigenvalue weighted by atomic mass is 16.5. The third-order valence-corrected chi connectivity index (χ3v) is 2.61. The van der Waals surface area contributed by atoms with Gasteiger partial charge in [0.25, 0.3) is 0 Å². The molecule has 7 nitrogen and oxygen atoms in total. The van der Waals surface area contributed by atoms with E-state index < -0.39 is 5.97 Å². The summed E-state index contributed by atoms with van der Waals surface area (Å²) in [5.74, 6) is -0.485. The first-order chi connectivity index (χ1) is 9.69. The Morgan fingerprint density at radius 2 is 2.10 bits per heavy atom. The number of aromatic nitrogens is 2. The van der Waals surface area contributed by atoms with Crippen molar-refractivity contribution in [3.05, 3.63) is 35.9 Å². The normalized spacial score (nSPS) is 10.3. The molecule has 0 saturated carbocycles. The summed E-state index contributed by atoms with van der Waals surface area (Å²) in [5.41, 5.74) is 6.68. The van der Waals surface area contributed by atoms with Crippen molar-refractivity contribution < 1.29 is 19.4 Å². The van der Waals surface area contributed by atoms with Crippen molar-refractivity contribution in [1.29, 1.82) is 0 Å². The van der Waals surface area contributed by atoms with Crippen LogP contribution < -0.4 is 10.5 Å². The molecule has 106 valence electrons. The molecule has 0 atom stereocenters.